The summed E-state index contributed by atoms with van der Waals surface area (Å²) in [5, 5.41) is 9.86. The number of rotatable bonds is 5. The summed E-state index contributed by atoms with van der Waals surface area (Å²) in [7, 11) is 0. The summed E-state index contributed by atoms with van der Waals surface area (Å²) in [5.41, 5.74) is 0.971. The number of hydrogen-bond donors (Lipinski definition) is 2. The number of carboxylic acids is 1. The van der Waals surface area contributed by atoms with Crippen LogP contribution in [0.2, 0.25) is 0 Å². The number of aromatic carboxylic acids is 1. The lowest BCUT2D eigenvalue weighted by atomic mass is 9.79. The molecule has 1 aromatic heterocycles. The van der Waals surface area contributed by atoms with Gasteiger partial charge in [-0.25, -0.2) is 4.79 Å². The van der Waals surface area contributed by atoms with Gasteiger partial charge in [0, 0.05) is 5.39 Å². The molecule has 0 unspecified atom stereocenters. The molecule has 0 saturated heterocycles. The molecule has 2 N–H and O–H groups in total. The van der Waals surface area contributed by atoms with Crippen molar-refractivity contribution >= 4 is 16.9 Å². The summed E-state index contributed by atoms with van der Waals surface area (Å²) in [6, 6.07) is 5.37. The highest BCUT2D eigenvalue weighted by Gasteiger charge is 2.26. The molecule has 0 amide bonds. The number of carboxylic acid groups (broad SMARTS) is 1. The largest absolute Gasteiger partial charge is 0.491 e. The zero-order valence-electron chi connectivity index (χ0n) is 13.5. The SMILES string of the molecule is O=C(O)c1cc2ccc(C3CCC3)c(OCC3CCC3)c2[nH]c1=O. The zero-order chi connectivity index (χ0) is 16.7. The van der Waals surface area contributed by atoms with Gasteiger partial charge >= 0.3 is 5.97 Å². The molecule has 0 aliphatic heterocycles. The maximum Gasteiger partial charge on any atom is 0.341 e. The summed E-state index contributed by atoms with van der Waals surface area (Å²) in [4.78, 5) is 26.0. The number of ether oxygens (including phenoxy) is 1. The molecule has 1 aromatic carbocycles. The van der Waals surface area contributed by atoms with E-state index in [-0.39, 0.29) is 5.56 Å². The summed E-state index contributed by atoms with van der Waals surface area (Å²) in [6.45, 7) is 0.668. The Morgan fingerprint density at radius 1 is 1.21 bits per heavy atom. The monoisotopic (exact) mass is 327 g/mol. The van der Waals surface area contributed by atoms with Gasteiger partial charge in [-0.15, -0.1) is 0 Å². The number of carbonyl (C=O) groups is 1. The second-order valence-electron chi connectivity index (χ2n) is 7.00. The van der Waals surface area contributed by atoms with E-state index in [1.54, 1.807) is 0 Å². The molecule has 2 aromatic rings. The predicted molar refractivity (Wildman–Crippen MR) is 91.0 cm³/mol. The Kier molecular flexibility index (Phi) is 3.79. The smallest absolute Gasteiger partial charge is 0.341 e. The average Bonchev–Trinajstić information content (AvgIpc) is 2.44. The number of H-pyrrole nitrogens is 1. The fourth-order valence-electron chi connectivity index (χ4n) is 3.48. The van der Waals surface area contributed by atoms with Gasteiger partial charge in [0.2, 0.25) is 0 Å². The van der Waals surface area contributed by atoms with Crippen LogP contribution in [0.5, 0.6) is 5.75 Å². The first-order chi connectivity index (χ1) is 11.6. The molecule has 0 atom stereocenters. The highest BCUT2D eigenvalue weighted by molar-refractivity contribution is 5.94. The van der Waals surface area contributed by atoms with Crippen molar-refractivity contribution in [3.05, 3.63) is 39.7 Å². The van der Waals surface area contributed by atoms with Crippen molar-refractivity contribution in [3.63, 3.8) is 0 Å². The maximum absolute atomic E-state index is 12.1. The van der Waals surface area contributed by atoms with Crippen LogP contribution in [0.3, 0.4) is 0 Å². The first kappa shape index (κ1) is 15.2. The third kappa shape index (κ3) is 2.58. The van der Waals surface area contributed by atoms with Crippen molar-refractivity contribution in [1.29, 1.82) is 0 Å². The lowest BCUT2D eigenvalue weighted by Gasteiger charge is -2.30. The molecule has 24 heavy (non-hydrogen) atoms. The van der Waals surface area contributed by atoms with Gasteiger partial charge in [-0.05, 0) is 49.1 Å². The lowest BCUT2D eigenvalue weighted by molar-refractivity contribution is 0.0695. The van der Waals surface area contributed by atoms with E-state index in [4.69, 9.17) is 9.84 Å². The number of hydrogen-bond acceptors (Lipinski definition) is 3. The van der Waals surface area contributed by atoms with E-state index in [1.165, 1.54) is 31.7 Å². The van der Waals surface area contributed by atoms with Crippen LogP contribution < -0.4 is 10.3 Å². The van der Waals surface area contributed by atoms with Gasteiger partial charge in [0.05, 0.1) is 12.1 Å². The second kappa shape index (κ2) is 5.96. The van der Waals surface area contributed by atoms with E-state index in [1.807, 2.05) is 12.1 Å². The number of aromatic nitrogens is 1. The van der Waals surface area contributed by atoms with E-state index >= 15 is 0 Å². The fraction of sp³-hybridized carbons (Fsp3) is 0.474. The van der Waals surface area contributed by atoms with E-state index < -0.39 is 11.5 Å². The second-order valence-corrected chi connectivity index (χ2v) is 7.00. The van der Waals surface area contributed by atoms with Crippen LogP contribution in [-0.4, -0.2) is 22.7 Å². The van der Waals surface area contributed by atoms with Gasteiger partial charge in [0.25, 0.3) is 5.56 Å². The molecule has 0 radical (unpaired) electrons. The molecule has 5 heteroatoms. The van der Waals surface area contributed by atoms with Crippen LogP contribution >= 0.6 is 0 Å². The van der Waals surface area contributed by atoms with Crippen molar-refractivity contribution in [2.24, 2.45) is 5.92 Å². The number of benzene rings is 1. The fourth-order valence-corrected chi connectivity index (χ4v) is 3.48. The van der Waals surface area contributed by atoms with Crippen LogP contribution in [-0.2, 0) is 0 Å². The lowest BCUT2D eigenvalue weighted by Crippen LogP contribution is -2.22. The molecule has 5 nitrogen and oxygen atoms in total. The molecule has 0 bridgehead atoms. The number of pyridine rings is 1. The first-order valence-electron chi connectivity index (χ1n) is 8.69. The Hall–Kier alpha value is -2.30. The van der Waals surface area contributed by atoms with Gasteiger partial charge < -0.3 is 14.8 Å². The van der Waals surface area contributed by atoms with Gasteiger partial charge in [-0.2, -0.15) is 0 Å². The molecule has 126 valence electrons. The van der Waals surface area contributed by atoms with Gasteiger partial charge in [0.15, 0.2) is 0 Å². The van der Waals surface area contributed by atoms with Crippen LogP contribution in [0, 0.1) is 5.92 Å². The Bertz CT molecular complexity index is 846. The minimum Gasteiger partial charge on any atom is -0.491 e. The topological polar surface area (TPSA) is 79.4 Å². The highest BCUT2D eigenvalue weighted by atomic mass is 16.5. The average molecular weight is 327 g/mol. The summed E-state index contributed by atoms with van der Waals surface area (Å²) >= 11 is 0. The van der Waals surface area contributed by atoms with E-state index in [0.717, 1.165) is 24.2 Å². The molecular weight excluding hydrogens is 306 g/mol. The van der Waals surface area contributed by atoms with E-state index in [9.17, 15) is 9.59 Å². The standard InChI is InChI=1S/C19H21NO4/c21-18-15(19(22)23)9-13-7-8-14(12-5-2-6-12)17(16(13)20-18)24-10-11-3-1-4-11/h7-9,11-12H,1-6,10H2,(H,20,21)(H,22,23). The quantitative estimate of drug-likeness (QED) is 0.878. The van der Waals surface area contributed by atoms with Crippen LogP contribution in [0.15, 0.2) is 23.0 Å². The van der Waals surface area contributed by atoms with E-state index in [2.05, 4.69) is 4.98 Å². The Balaban J connectivity index is 1.80. The van der Waals surface area contributed by atoms with E-state index in [0.29, 0.717) is 29.3 Å². The molecule has 4 rings (SSSR count). The normalized spacial score (nSPS) is 18.2. The molecule has 2 aliphatic rings. The summed E-state index contributed by atoms with van der Waals surface area (Å²) < 4.78 is 6.15. The van der Waals surface area contributed by atoms with Gasteiger partial charge in [0.1, 0.15) is 11.3 Å². The molecule has 2 aliphatic carbocycles. The molecule has 2 saturated carbocycles. The van der Waals surface area contributed by atoms with Crippen molar-refractivity contribution < 1.29 is 14.6 Å². The first-order valence-corrected chi connectivity index (χ1v) is 8.69. The van der Waals surface area contributed by atoms with Crippen molar-refractivity contribution in [2.75, 3.05) is 6.61 Å². The Morgan fingerprint density at radius 3 is 2.54 bits per heavy atom. The number of aromatic amines is 1. The maximum atomic E-state index is 12.1. The molecular formula is C19H21NO4. The van der Waals surface area contributed by atoms with Crippen LogP contribution in [0.4, 0.5) is 0 Å². The van der Waals surface area contributed by atoms with Gasteiger partial charge in [-0.3, -0.25) is 4.79 Å². The highest BCUT2D eigenvalue weighted by Crippen LogP contribution is 2.43. The van der Waals surface area contributed by atoms with Crippen molar-refractivity contribution in [1.82, 2.24) is 4.98 Å². The summed E-state index contributed by atoms with van der Waals surface area (Å²) in [6.07, 6.45) is 7.16. The minimum atomic E-state index is -1.21. The third-order valence-corrected chi connectivity index (χ3v) is 5.47. The van der Waals surface area contributed by atoms with Crippen molar-refractivity contribution in [3.8, 4) is 5.75 Å². The van der Waals surface area contributed by atoms with Crippen molar-refractivity contribution in [2.45, 2.75) is 44.4 Å². The van der Waals surface area contributed by atoms with Crippen LogP contribution in [0.1, 0.15) is 60.4 Å². The number of nitrogens with one attached hydrogen (secondary N) is 1. The predicted octanol–water partition coefficient (Wildman–Crippen LogP) is 3.67. The molecule has 0 spiro atoms. The number of fused-ring (bicyclic) bond motifs is 1. The third-order valence-electron chi connectivity index (χ3n) is 5.47. The molecule has 2 fully saturated rings. The Labute approximate surface area is 139 Å². The summed E-state index contributed by atoms with van der Waals surface area (Å²) in [5.74, 6) is 0.615. The zero-order valence-corrected chi connectivity index (χ0v) is 13.5. The Morgan fingerprint density at radius 2 is 1.96 bits per heavy atom. The van der Waals surface area contributed by atoms with Crippen LogP contribution in [0.25, 0.3) is 10.9 Å². The van der Waals surface area contributed by atoms with Gasteiger partial charge in [-0.1, -0.05) is 25.0 Å². The molecule has 1 heterocycles. The minimum absolute atomic E-state index is 0.233.